The lowest BCUT2D eigenvalue weighted by Crippen LogP contribution is -2.21. The number of hydrogen-bond acceptors (Lipinski definition) is 3. The number of aromatic nitrogens is 1. The minimum Gasteiger partial charge on any atom is -0.309 e. The Balaban J connectivity index is 1.05. The molecule has 0 saturated heterocycles. The molecule has 3 heterocycles. The highest BCUT2D eigenvalue weighted by Crippen LogP contribution is 2.65. The molecule has 53 heavy (non-hydrogen) atoms. The van der Waals surface area contributed by atoms with Crippen LogP contribution in [0.5, 0.6) is 0 Å². The normalized spacial score (nSPS) is 14.2. The van der Waals surface area contributed by atoms with Crippen molar-refractivity contribution in [1.82, 2.24) is 4.57 Å². The first-order valence-corrected chi connectivity index (χ1v) is 20.0. The Morgan fingerprint density at radius 1 is 0.358 bits per heavy atom. The van der Waals surface area contributed by atoms with Gasteiger partial charge in [0.25, 0.3) is 0 Å². The predicted octanol–water partition coefficient (Wildman–Crippen LogP) is 13.7. The molecule has 0 bridgehead atoms. The number of fused-ring (bicyclic) bond motifs is 7. The van der Waals surface area contributed by atoms with Crippen molar-refractivity contribution in [2.75, 3.05) is 9.34 Å². The quantitative estimate of drug-likeness (QED) is 0.165. The zero-order valence-corrected chi connectivity index (χ0v) is 30.4. The van der Waals surface area contributed by atoms with Gasteiger partial charge in [-0.2, -0.15) is 0 Å². The molecule has 0 saturated carbocycles. The predicted molar refractivity (Wildman–Crippen MR) is 229 cm³/mol. The summed E-state index contributed by atoms with van der Waals surface area (Å²) in [7, 11) is -0.948. The third kappa shape index (κ3) is 4.84. The van der Waals surface area contributed by atoms with Gasteiger partial charge in [0.1, 0.15) is 8.22 Å². The molecule has 250 valence electrons. The number of para-hydroxylation sites is 3. The number of thiophene rings is 1. The largest absolute Gasteiger partial charge is 0.309 e. The average molecular weight is 714 g/mol. The van der Waals surface area contributed by atoms with E-state index in [-0.39, 0.29) is 0 Å². The highest BCUT2D eigenvalue weighted by Gasteiger charge is 2.39. The van der Waals surface area contributed by atoms with Crippen molar-refractivity contribution < 1.29 is 0 Å². The number of nitrogens with zero attached hydrogens (tertiary/aromatic N) is 3. The van der Waals surface area contributed by atoms with Gasteiger partial charge in [0, 0.05) is 53.3 Å². The van der Waals surface area contributed by atoms with E-state index in [1.54, 1.807) is 0 Å². The van der Waals surface area contributed by atoms with Gasteiger partial charge in [0.05, 0.1) is 22.4 Å². The molecule has 5 heteroatoms. The van der Waals surface area contributed by atoms with Gasteiger partial charge in [-0.3, -0.25) is 9.34 Å². The molecule has 0 fully saturated rings. The fourth-order valence-corrected chi connectivity index (χ4v) is 11.7. The maximum Gasteiger partial charge on any atom is 0.138 e. The van der Waals surface area contributed by atoms with E-state index >= 15 is 0 Å². The minimum absolute atomic E-state index is 0.948. The van der Waals surface area contributed by atoms with Crippen molar-refractivity contribution in [2.45, 2.75) is 0 Å². The van der Waals surface area contributed by atoms with Gasteiger partial charge >= 0.3 is 0 Å². The average Bonchev–Trinajstić information content (AvgIpc) is 3.88. The van der Waals surface area contributed by atoms with Crippen LogP contribution < -0.4 is 14.6 Å². The van der Waals surface area contributed by atoms with E-state index in [0.717, 1.165) is 5.69 Å². The van der Waals surface area contributed by atoms with Gasteiger partial charge in [-0.25, -0.2) is 0 Å². The van der Waals surface area contributed by atoms with E-state index in [0.29, 0.717) is 0 Å². The zero-order chi connectivity index (χ0) is 34.9. The summed E-state index contributed by atoms with van der Waals surface area (Å²) in [6, 6.07) is 71.1. The second-order valence-corrected chi connectivity index (χ2v) is 16.5. The Bertz CT molecular complexity index is 2950. The lowest BCUT2D eigenvalue weighted by Gasteiger charge is -2.32. The standard InChI is InChI=1S/C48H32N3PS/c1-4-14-36(15-5-1)50-44-29-26-34(30-46(44)51(37-16-6-2-7-17-37)52(50)38-18-8-3-9-19-38)33-24-27-35(28-25-33)49-43-22-12-10-20-39(43)41-31-42-40-21-11-13-23-47(40)53-48(42)32-45(41)49/h1-32H. The molecule has 1 atom stereocenters. The van der Waals surface area contributed by atoms with Crippen LogP contribution in [0.15, 0.2) is 194 Å². The molecule has 0 aliphatic carbocycles. The van der Waals surface area contributed by atoms with Crippen molar-refractivity contribution >= 4 is 89.6 Å². The molecule has 0 N–H and O–H groups in total. The Morgan fingerprint density at radius 3 is 1.70 bits per heavy atom. The molecule has 3 nitrogen and oxygen atoms in total. The van der Waals surface area contributed by atoms with Crippen LogP contribution in [0.25, 0.3) is 58.8 Å². The van der Waals surface area contributed by atoms with Crippen molar-refractivity contribution in [3.05, 3.63) is 194 Å². The summed E-state index contributed by atoms with van der Waals surface area (Å²) in [5.41, 5.74) is 10.8. The topological polar surface area (TPSA) is 11.4 Å². The van der Waals surface area contributed by atoms with Crippen LogP contribution in [0, 0.1) is 0 Å². The van der Waals surface area contributed by atoms with E-state index in [1.165, 1.54) is 81.2 Å². The molecular weight excluding hydrogens is 682 g/mol. The summed E-state index contributed by atoms with van der Waals surface area (Å²) < 4.78 is 10.2. The van der Waals surface area contributed by atoms with Crippen molar-refractivity contribution in [1.29, 1.82) is 0 Å². The second-order valence-electron chi connectivity index (χ2n) is 13.5. The summed E-state index contributed by atoms with van der Waals surface area (Å²) in [6.07, 6.45) is 0. The molecular formula is C48H32N3PS. The first-order valence-electron chi connectivity index (χ1n) is 17.9. The lowest BCUT2D eigenvalue weighted by molar-refractivity contribution is 1.18. The van der Waals surface area contributed by atoms with Crippen LogP contribution >= 0.6 is 19.6 Å². The van der Waals surface area contributed by atoms with E-state index < -0.39 is 8.22 Å². The van der Waals surface area contributed by atoms with Crippen LogP contribution in [0.4, 0.5) is 22.7 Å². The summed E-state index contributed by atoms with van der Waals surface area (Å²) in [4.78, 5) is 0. The Morgan fingerprint density at radius 2 is 0.962 bits per heavy atom. The molecule has 2 aromatic heterocycles. The van der Waals surface area contributed by atoms with E-state index in [2.05, 4.69) is 208 Å². The molecule has 1 aliphatic heterocycles. The number of rotatable bonds is 5. The van der Waals surface area contributed by atoms with Crippen molar-refractivity contribution in [3.63, 3.8) is 0 Å². The third-order valence-corrected chi connectivity index (χ3v) is 14.0. The smallest absolute Gasteiger partial charge is 0.138 e. The van der Waals surface area contributed by atoms with Crippen LogP contribution in [-0.2, 0) is 0 Å². The zero-order valence-electron chi connectivity index (χ0n) is 28.7. The molecule has 0 spiro atoms. The van der Waals surface area contributed by atoms with E-state index in [1.807, 2.05) is 11.3 Å². The van der Waals surface area contributed by atoms with Crippen LogP contribution in [-0.4, -0.2) is 4.57 Å². The maximum absolute atomic E-state index is 2.55. The number of benzene rings is 8. The molecule has 0 radical (unpaired) electrons. The van der Waals surface area contributed by atoms with Gasteiger partial charge in [-0.15, -0.1) is 11.3 Å². The maximum atomic E-state index is 2.55. The lowest BCUT2D eigenvalue weighted by atomic mass is 10.0. The van der Waals surface area contributed by atoms with Gasteiger partial charge in [-0.1, -0.05) is 121 Å². The third-order valence-electron chi connectivity index (χ3n) is 10.4. The first kappa shape index (κ1) is 30.4. The molecule has 8 aromatic carbocycles. The number of hydrogen-bond donors (Lipinski definition) is 0. The van der Waals surface area contributed by atoms with E-state index in [4.69, 9.17) is 0 Å². The summed E-state index contributed by atoms with van der Waals surface area (Å²) in [5.74, 6) is 0. The molecule has 1 aliphatic rings. The highest BCUT2D eigenvalue weighted by molar-refractivity contribution is 7.70. The SMILES string of the molecule is c1ccc(N2c3ccc(-c4ccc(-n5c6ccccc6c6cc7c(cc65)sc5ccccc57)cc4)cc3N(c3ccccc3)P2c2ccccc2)cc1. The summed E-state index contributed by atoms with van der Waals surface area (Å²) in [5, 5.41) is 6.54. The second kappa shape index (κ2) is 12.2. The number of anilines is 4. The monoisotopic (exact) mass is 713 g/mol. The fourth-order valence-electron chi connectivity index (χ4n) is 8.04. The van der Waals surface area contributed by atoms with Gasteiger partial charge in [0.15, 0.2) is 0 Å². The molecule has 10 aromatic rings. The van der Waals surface area contributed by atoms with Gasteiger partial charge < -0.3 is 4.57 Å². The summed E-state index contributed by atoms with van der Waals surface area (Å²) in [6.45, 7) is 0. The summed E-state index contributed by atoms with van der Waals surface area (Å²) >= 11 is 1.88. The highest BCUT2D eigenvalue weighted by atomic mass is 32.1. The minimum atomic E-state index is -0.948. The van der Waals surface area contributed by atoms with Gasteiger partial charge in [0.2, 0.25) is 0 Å². The van der Waals surface area contributed by atoms with Crippen LogP contribution in [0.1, 0.15) is 0 Å². The first-order chi connectivity index (χ1) is 26.3. The van der Waals surface area contributed by atoms with Crippen molar-refractivity contribution in [3.8, 4) is 16.8 Å². The van der Waals surface area contributed by atoms with Crippen molar-refractivity contribution in [2.24, 2.45) is 0 Å². The molecule has 1 unspecified atom stereocenters. The Kier molecular flexibility index (Phi) is 7.01. The Labute approximate surface area is 313 Å². The van der Waals surface area contributed by atoms with Crippen LogP contribution in [0.2, 0.25) is 0 Å². The fraction of sp³-hybridized carbons (Fsp3) is 0. The molecule has 11 rings (SSSR count). The van der Waals surface area contributed by atoms with E-state index in [9.17, 15) is 0 Å². The molecule has 0 amide bonds. The Hall–Kier alpha value is -6.19. The van der Waals surface area contributed by atoms with Crippen LogP contribution in [0.3, 0.4) is 0 Å². The van der Waals surface area contributed by atoms with Gasteiger partial charge in [-0.05, 0) is 83.9 Å².